The van der Waals surface area contributed by atoms with Gasteiger partial charge in [-0.3, -0.25) is 4.79 Å². The van der Waals surface area contributed by atoms with Crippen molar-refractivity contribution in [3.63, 3.8) is 0 Å². The molecule has 0 aliphatic carbocycles. The number of anilines is 2. The third kappa shape index (κ3) is 6.67. The molecule has 1 fully saturated rings. The van der Waals surface area contributed by atoms with Crippen LogP contribution in [0, 0.1) is 5.92 Å². The van der Waals surface area contributed by atoms with E-state index in [0.717, 1.165) is 11.3 Å². The highest BCUT2D eigenvalue weighted by atomic mass is 16.6. The Morgan fingerprint density at radius 1 is 1.12 bits per heavy atom. The number of aromatic nitrogens is 2. The third-order valence-corrected chi connectivity index (χ3v) is 5.23. The van der Waals surface area contributed by atoms with Crippen molar-refractivity contribution in [3.05, 3.63) is 24.3 Å². The summed E-state index contributed by atoms with van der Waals surface area (Å²) in [6.07, 6.45) is 0.293. The van der Waals surface area contributed by atoms with E-state index in [2.05, 4.69) is 20.5 Å². The predicted molar refractivity (Wildman–Crippen MR) is 126 cm³/mol. The summed E-state index contributed by atoms with van der Waals surface area (Å²) in [5.41, 5.74) is 7.69. The van der Waals surface area contributed by atoms with Crippen LogP contribution in [0.4, 0.5) is 16.3 Å². The number of amides is 2. The molecule has 2 aromatic rings. The average Bonchev–Trinajstić information content (AvgIpc) is 3.20. The molecule has 1 aliphatic rings. The number of ether oxygens (including phenoxy) is 1. The van der Waals surface area contributed by atoms with Crippen LogP contribution in [0.2, 0.25) is 0 Å². The van der Waals surface area contributed by atoms with E-state index in [1.54, 1.807) is 4.90 Å². The van der Waals surface area contributed by atoms with E-state index in [9.17, 15) is 9.59 Å². The Morgan fingerprint density at radius 2 is 1.76 bits per heavy atom. The normalized spacial score (nSPS) is 15.5. The summed E-state index contributed by atoms with van der Waals surface area (Å²) in [6.45, 7) is 12.2. The molecule has 0 spiro atoms. The van der Waals surface area contributed by atoms with Crippen molar-refractivity contribution in [2.24, 2.45) is 11.7 Å². The van der Waals surface area contributed by atoms with Crippen LogP contribution >= 0.6 is 0 Å². The average molecular weight is 459 g/mol. The van der Waals surface area contributed by atoms with Crippen molar-refractivity contribution >= 4 is 23.5 Å². The van der Waals surface area contributed by atoms with Gasteiger partial charge in [-0.2, -0.15) is 0 Å². The van der Waals surface area contributed by atoms with Crippen molar-refractivity contribution in [1.82, 2.24) is 15.2 Å². The zero-order chi connectivity index (χ0) is 24.2. The Morgan fingerprint density at radius 3 is 2.33 bits per heavy atom. The van der Waals surface area contributed by atoms with Gasteiger partial charge >= 0.3 is 6.09 Å². The SMILES string of the molecule is CC(C)C[C@H](N)C(=O)Nc1nonc1-c1ccc(N2CCN(C(=O)OC(C)(C)C)CC2)cc1. The predicted octanol–water partition coefficient (Wildman–Crippen LogP) is 3.11. The van der Waals surface area contributed by atoms with Crippen molar-refractivity contribution in [2.45, 2.75) is 52.7 Å². The molecule has 2 heterocycles. The highest BCUT2D eigenvalue weighted by Crippen LogP contribution is 2.27. The standard InChI is InChI=1S/C23H34N6O4/c1-15(2)14-18(24)21(30)25-20-19(26-33-27-20)16-6-8-17(9-7-16)28-10-12-29(13-11-28)22(31)32-23(3,4)5/h6-9,15,18H,10-14,24H2,1-5H3,(H,25,27,30)/t18-/m0/s1. The molecule has 0 saturated carbocycles. The Hall–Kier alpha value is -3.14. The van der Waals surface area contributed by atoms with E-state index in [0.29, 0.717) is 44.2 Å². The van der Waals surface area contributed by atoms with E-state index in [1.165, 1.54) is 0 Å². The number of nitrogens with one attached hydrogen (secondary N) is 1. The summed E-state index contributed by atoms with van der Waals surface area (Å²) in [5, 5.41) is 10.5. The van der Waals surface area contributed by atoms with E-state index < -0.39 is 11.6 Å². The van der Waals surface area contributed by atoms with E-state index >= 15 is 0 Å². The van der Waals surface area contributed by atoms with Crippen LogP contribution in [-0.4, -0.2) is 65.0 Å². The van der Waals surface area contributed by atoms with Crippen molar-refractivity contribution in [3.8, 4) is 11.3 Å². The van der Waals surface area contributed by atoms with E-state index in [-0.39, 0.29) is 17.8 Å². The summed E-state index contributed by atoms with van der Waals surface area (Å²) in [7, 11) is 0. The van der Waals surface area contributed by atoms with Gasteiger partial charge in [0.2, 0.25) is 11.7 Å². The molecule has 180 valence electrons. The minimum atomic E-state index is -0.628. The lowest BCUT2D eigenvalue weighted by Crippen LogP contribution is -2.50. The summed E-state index contributed by atoms with van der Waals surface area (Å²) < 4.78 is 10.3. The molecule has 33 heavy (non-hydrogen) atoms. The van der Waals surface area contributed by atoms with Gasteiger partial charge in [-0.15, -0.1) is 0 Å². The summed E-state index contributed by atoms with van der Waals surface area (Å²) >= 11 is 0. The lowest BCUT2D eigenvalue weighted by Gasteiger charge is -2.36. The molecule has 1 atom stereocenters. The zero-order valence-corrected chi connectivity index (χ0v) is 20.0. The number of hydrogen-bond acceptors (Lipinski definition) is 8. The Labute approximate surface area is 194 Å². The first kappa shape index (κ1) is 24.5. The number of piperazine rings is 1. The maximum atomic E-state index is 12.4. The Balaban J connectivity index is 1.60. The van der Waals surface area contributed by atoms with E-state index in [4.69, 9.17) is 15.1 Å². The van der Waals surface area contributed by atoms with Gasteiger partial charge in [0, 0.05) is 37.4 Å². The summed E-state index contributed by atoms with van der Waals surface area (Å²) in [5.74, 6) is 0.234. The van der Waals surface area contributed by atoms with Crippen LogP contribution in [0.3, 0.4) is 0 Å². The minimum Gasteiger partial charge on any atom is -0.444 e. The maximum Gasteiger partial charge on any atom is 0.410 e. The Bertz CT molecular complexity index is 943. The van der Waals surface area contributed by atoms with Gasteiger partial charge < -0.3 is 25.6 Å². The molecule has 1 aromatic heterocycles. The molecule has 1 aromatic carbocycles. The fraction of sp³-hybridized carbons (Fsp3) is 0.565. The summed E-state index contributed by atoms with van der Waals surface area (Å²) in [4.78, 5) is 28.6. The smallest absolute Gasteiger partial charge is 0.410 e. The van der Waals surface area contributed by atoms with Gasteiger partial charge in [0.15, 0.2) is 5.69 Å². The fourth-order valence-electron chi connectivity index (χ4n) is 3.59. The van der Waals surface area contributed by atoms with Crippen LogP contribution in [0.25, 0.3) is 11.3 Å². The number of carbonyl (C=O) groups is 2. The number of benzene rings is 1. The number of rotatable bonds is 6. The molecule has 0 radical (unpaired) electrons. The lowest BCUT2D eigenvalue weighted by atomic mass is 10.0. The second kappa shape index (κ2) is 10.2. The number of hydrogen-bond donors (Lipinski definition) is 2. The molecule has 3 N–H and O–H groups in total. The number of carbonyl (C=O) groups excluding carboxylic acids is 2. The van der Waals surface area contributed by atoms with Crippen LogP contribution in [0.15, 0.2) is 28.9 Å². The van der Waals surface area contributed by atoms with Crippen molar-refractivity contribution in [2.75, 3.05) is 36.4 Å². The highest BCUT2D eigenvalue weighted by Gasteiger charge is 2.26. The molecular weight excluding hydrogens is 424 g/mol. The first-order chi connectivity index (χ1) is 15.5. The second-order valence-electron chi connectivity index (χ2n) is 9.69. The first-order valence-electron chi connectivity index (χ1n) is 11.3. The van der Waals surface area contributed by atoms with Crippen LogP contribution in [-0.2, 0) is 9.53 Å². The van der Waals surface area contributed by atoms with Crippen molar-refractivity contribution < 1.29 is 19.0 Å². The van der Waals surface area contributed by atoms with Crippen LogP contribution < -0.4 is 16.0 Å². The molecule has 1 aliphatic heterocycles. The van der Waals surface area contributed by atoms with Gasteiger partial charge in [0.25, 0.3) is 0 Å². The largest absolute Gasteiger partial charge is 0.444 e. The van der Waals surface area contributed by atoms with Crippen LogP contribution in [0.5, 0.6) is 0 Å². The molecule has 0 unspecified atom stereocenters. The van der Waals surface area contributed by atoms with Crippen LogP contribution in [0.1, 0.15) is 41.0 Å². The first-order valence-corrected chi connectivity index (χ1v) is 11.3. The highest BCUT2D eigenvalue weighted by molar-refractivity contribution is 5.96. The fourth-order valence-corrected chi connectivity index (χ4v) is 3.59. The van der Waals surface area contributed by atoms with Gasteiger partial charge in [0.05, 0.1) is 6.04 Å². The molecule has 10 nitrogen and oxygen atoms in total. The topological polar surface area (TPSA) is 127 Å². The molecule has 1 saturated heterocycles. The van der Waals surface area contributed by atoms with Gasteiger partial charge in [0.1, 0.15) is 5.60 Å². The molecule has 0 bridgehead atoms. The van der Waals surface area contributed by atoms with Gasteiger partial charge in [-0.05, 0) is 55.6 Å². The Kier molecular flexibility index (Phi) is 7.57. The molecule has 3 rings (SSSR count). The molecule has 2 amide bonds. The minimum absolute atomic E-state index is 0.248. The maximum absolute atomic E-state index is 12.4. The summed E-state index contributed by atoms with van der Waals surface area (Å²) in [6, 6.07) is 7.13. The quantitative estimate of drug-likeness (QED) is 0.676. The lowest BCUT2D eigenvalue weighted by molar-refractivity contribution is -0.117. The van der Waals surface area contributed by atoms with Gasteiger partial charge in [-0.1, -0.05) is 26.0 Å². The number of nitrogens with zero attached hydrogens (tertiary/aromatic N) is 4. The van der Waals surface area contributed by atoms with Crippen molar-refractivity contribution in [1.29, 1.82) is 0 Å². The van der Waals surface area contributed by atoms with Gasteiger partial charge in [-0.25, -0.2) is 9.42 Å². The zero-order valence-electron chi connectivity index (χ0n) is 20.0. The molecular formula is C23H34N6O4. The second-order valence-corrected chi connectivity index (χ2v) is 9.69. The monoisotopic (exact) mass is 458 g/mol. The third-order valence-electron chi connectivity index (χ3n) is 5.23. The molecule has 10 heteroatoms. The number of nitrogens with two attached hydrogens (primary N) is 1. The van der Waals surface area contributed by atoms with E-state index in [1.807, 2.05) is 58.9 Å².